The van der Waals surface area contributed by atoms with E-state index in [1.54, 1.807) is 24.5 Å². The zero-order valence-corrected chi connectivity index (χ0v) is 17.8. The molecule has 29 heavy (non-hydrogen) atoms. The van der Waals surface area contributed by atoms with Gasteiger partial charge in [0.05, 0.1) is 15.7 Å². The van der Waals surface area contributed by atoms with Crippen LogP contribution in [0.5, 0.6) is 0 Å². The molecule has 0 aromatic carbocycles. The van der Waals surface area contributed by atoms with Gasteiger partial charge >= 0.3 is 5.51 Å². The number of halogens is 4. The van der Waals surface area contributed by atoms with Crippen molar-refractivity contribution in [3.05, 3.63) is 34.7 Å². The van der Waals surface area contributed by atoms with E-state index >= 15 is 0 Å². The second kappa shape index (κ2) is 8.86. The first-order valence-electron chi connectivity index (χ1n) is 8.83. The maximum Gasteiger partial charge on any atom is 0.442 e. The van der Waals surface area contributed by atoms with Gasteiger partial charge in [0.1, 0.15) is 5.69 Å². The number of likely N-dealkylation sites (tertiary alicyclic amines) is 1. The van der Waals surface area contributed by atoms with Gasteiger partial charge in [0.25, 0.3) is 5.91 Å². The molecule has 2 aromatic heterocycles. The van der Waals surface area contributed by atoms with Crippen molar-refractivity contribution >= 4 is 50.4 Å². The molecule has 2 unspecified atom stereocenters. The molecule has 0 aliphatic carbocycles. The van der Waals surface area contributed by atoms with Crippen molar-refractivity contribution in [3.63, 3.8) is 0 Å². The summed E-state index contributed by atoms with van der Waals surface area (Å²) in [6.07, 6.45) is 3.82. The average molecular weight is 491 g/mol. The van der Waals surface area contributed by atoms with Gasteiger partial charge < -0.3 is 10.2 Å². The summed E-state index contributed by atoms with van der Waals surface area (Å²) in [5.74, 6) is -1.56. The van der Waals surface area contributed by atoms with E-state index in [0.717, 1.165) is 5.39 Å². The molecule has 0 radical (unpaired) electrons. The van der Waals surface area contributed by atoms with Gasteiger partial charge in [-0.2, -0.15) is 13.2 Å². The predicted molar refractivity (Wildman–Crippen MR) is 107 cm³/mol. The second-order valence-electron chi connectivity index (χ2n) is 6.81. The van der Waals surface area contributed by atoms with Crippen LogP contribution in [0.4, 0.5) is 13.2 Å². The summed E-state index contributed by atoms with van der Waals surface area (Å²) in [4.78, 5) is 34.6. The highest BCUT2D eigenvalue weighted by Gasteiger charge is 2.34. The van der Waals surface area contributed by atoms with Crippen molar-refractivity contribution < 1.29 is 22.8 Å². The lowest BCUT2D eigenvalue weighted by Gasteiger charge is -2.37. The summed E-state index contributed by atoms with van der Waals surface area (Å²) in [6.45, 7) is 2.48. The third kappa shape index (κ3) is 5.59. The minimum Gasteiger partial charge on any atom is -0.346 e. The molecule has 11 heteroatoms. The van der Waals surface area contributed by atoms with E-state index in [9.17, 15) is 22.8 Å². The summed E-state index contributed by atoms with van der Waals surface area (Å²) in [5, 5.41) is 3.65. The SMILES string of the molecule is CC1CCN(C(=O)CSC(F)(F)F)CC1NC(=O)c1ccc2cncc(Br)c2n1. The van der Waals surface area contributed by atoms with Crippen molar-refractivity contribution in [2.45, 2.75) is 24.9 Å². The number of aromatic nitrogens is 2. The molecule has 0 saturated carbocycles. The monoisotopic (exact) mass is 490 g/mol. The molecule has 2 atom stereocenters. The van der Waals surface area contributed by atoms with Crippen molar-refractivity contribution in [1.29, 1.82) is 0 Å². The number of alkyl halides is 3. The van der Waals surface area contributed by atoms with E-state index in [-0.39, 0.29) is 36.0 Å². The number of piperidine rings is 1. The number of carbonyl (C=O) groups excluding carboxylic acids is 2. The minimum atomic E-state index is -4.45. The fraction of sp³-hybridized carbons (Fsp3) is 0.444. The Bertz CT molecular complexity index is 928. The molecule has 1 aliphatic rings. The molecule has 0 spiro atoms. The van der Waals surface area contributed by atoms with Crippen LogP contribution in [0.25, 0.3) is 10.9 Å². The molecule has 2 amide bonds. The van der Waals surface area contributed by atoms with Gasteiger partial charge in [-0.1, -0.05) is 6.92 Å². The highest BCUT2D eigenvalue weighted by Crippen LogP contribution is 2.30. The number of hydrogen-bond acceptors (Lipinski definition) is 5. The molecule has 3 heterocycles. The van der Waals surface area contributed by atoms with E-state index in [1.807, 2.05) is 6.92 Å². The number of pyridine rings is 2. The van der Waals surface area contributed by atoms with Crippen LogP contribution in [-0.2, 0) is 4.79 Å². The molecule has 1 N–H and O–H groups in total. The first-order chi connectivity index (χ1) is 13.6. The number of thioether (sulfide) groups is 1. The third-order valence-electron chi connectivity index (χ3n) is 4.77. The molecule has 156 valence electrons. The normalized spacial score (nSPS) is 20.0. The highest BCUT2D eigenvalue weighted by molar-refractivity contribution is 9.10. The van der Waals surface area contributed by atoms with E-state index < -0.39 is 23.1 Å². The Balaban J connectivity index is 1.67. The van der Waals surface area contributed by atoms with Gasteiger partial charge in [0.15, 0.2) is 0 Å². The van der Waals surface area contributed by atoms with Crippen molar-refractivity contribution in [2.75, 3.05) is 18.8 Å². The number of nitrogens with zero attached hydrogens (tertiary/aromatic N) is 3. The van der Waals surface area contributed by atoms with Crippen LogP contribution in [0.3, 0.4) is 0 Å². The first kappa shape index (κ1) is 21.8. The lowest BCUT2D eigenvalue weighted by molar-refractivity contribution is -0.130. The first-order valence-corrected chi connectivity index (χ1v) is 10.6. The van der Waals surface area contributed by atoms with Gasteiger partial charge in [0, 0.05) is 36.9 Å². The van der Waals surface area contributed by atoms with Crippen molar-refractivity contribution in [2.24, 2.45) is 5.92 Å². The van der Waals surface area contributed by atoms with Crippen LogP contribution in [0.15, 0.2) is 29.0 Å². The van der Waals surface area contributed by atoms with E-state index in [1.165, 1.54) is 4.90 Å². The standard InChI is InChI=1S/C18H18BrF3N4O2S/c1-10-4-5-26(15(27)9-29-18(20,21)22)8-14(10)25-17(28)13-3-2-11-6-23-7-12(19)16(11)24-13/h2-3,6-7,10,14H,4-5,8-9H2,1H3,(H,25,28). The topological polar surface area (TPSA) is 75.2 Å². The average Bonchev–Trinajstić information content (AvgIpc) is 2.67. The number of hydrogen-bond donors (Lipinski definition) is 1. The third-order valence-corrected chi connectivity index (χ3v) is 6.07. The van der Waals surface area contributed by atoms with Gasteiger partial charge in [-0.05, 0) is 52.2 Å². The molecule has 0 bridgehead atoms. The molecule has 6 nitrogen and oxygen atoms in total. The molecule has 1 aliphatic heterocycles. The van der Waals surface area contributed by atoms with E-state index in [4.69, 9.17) is 0 Å². The van der Waals surface area contributed by atoms with Crippen LogP contribution >= 0.6 is 27.7 Å². The Morgan fingerprint density at radius 3 is 2.83 bits per heavy atom. The van der Waals surface area contributed by atoms with Crippen LogP contribution in [-0.4, -0.2) is 57.1 Å². The fourth-order valence-corrected chi connectivity index (χ4v) is 4.00. The maximum atomic E-state index is 12.7. The quantitative estimate of drug-likeness (QED) is 0.708. The van der Waals surface area contributed by atoms with E-state index in [2.05, 4.69) is 31.2 Å². The smallest absolute Gasteiger partial charge is 0.346 e. The zero-order valence-electron chi connectivity index (χ0n) is 15.4. The molecule has 3 rings (SSSR count). The Morgan fingerprint density at radius 1 is 1.34 bits per heavy atom. The van der Waals surface area contributed by atoms with Gasteiger partial charge in [-0.25, -0.2) is 4.98 Å². The van der Waals surface area contributed by atoms with Crippen molar-refractivity contribution in [1.82, 2.24) is 20.2 Å². The maximum absolute atomic E-state index is 12.7. The largest absolute Gasteiger partial charge is 0.442 e. The number of amides is 2. The number of nitrogens with one attached hydrogen (secondary N) is 1. The van der Waals surface area contributed by atoms with Crippen LogP contribution in [0.1, 0.15) is 23.8 Å². The molecule has 1 fully saturated rings. The fourth-order valence-electron chi connectivity index (χ4n) is 3.10. The lowest BCUT2D eigenvalue weighted by atomic mass is 9.93. The number of fused-ring (bicyclic) bond motifs is 1. The Kier molecular flexibility index (Phi) is 6.67. The van der Waals surface area contributed by atoms with Gasteiger partial charge in [-0.3, -0.25) is 14.6 Å². The summed E-state index contributed by atoms with van der Waals surface area (Å²) >= 11 is 3.01. The van der Waals surface area contributed by atoms with Crippen LogP contribution in [0.2, 0.25) is 0 Å². The summed E-state index contributed by atoms with van der Waals surface area (Å²) in [6, 6.07) is 2.96. The van der Waals surface area contributed by atoms with Crippen LogP contribution in [0, 0.1) is 5.92 Å². The lowest BCUT2D eigenvalue weighted by Crippen LogP contribution is -2.53. The van der Waals surface area contributed by atoms with E-state index in [0.29, 0.717) is 23.0 Å². The van der Waals surface area contributed by atoms with Crippen molar-refractivity contribution in [3.8, 4) is 0 Å². The molecular formula is C18H18BrF3N4O2S. The highest BCUT2D eigenvalue weighted by atomic mass is 79.9. The Morgan fingerprint density at radius 2 is 2.10 bits per heavy atom. The molecule has 2 aromatic rings. The summed E-state index contributed by atoms with van der Waals surface area (Å²) in [5.41, 5.74) is -3.63. The molecule has 1 saturated heterocycles. The Hall–Kier alpha value is -1.88. The summed E-state index contributed by atoms with van der Waals surface area (Å²) < 4.78 is 37.7. The van der Waals surface area contributed by atoms with Gasteiger partial charge in [0.2, 0.25) is 5.91 Å². The molecular weight excluding hydrogens is 473 g/mol. The zero-order chi connectivity index (χ0) is 21.2. The number of carbonyl (C=O) groups is 2. The minimum absolute atomic E-state index is 0.0784. The van der Waals surface area contributed by atoms with Gasteiger partial charge in [-0.15, -0.1) is 0 Å². The Labute approximate surface area is 177 Å². The second-order valence-corrected chi connectivity index (χ2v) is 8.70. The van der Waals surface area contributed by atoms with Crippen LogP contribution < -0.4 is 5.32 Å². The predicted octanol–water partition coefficient (Wildman–Crippen LogP) is 3.61. The number of rotatable bonds is 4. The summed E-state index contributed by atoms with van der Waals surface area (Å²) in [7, 11) is 0.